The summed E-state index contributed by atoms with van der Waals surface area (Å²) in [5.41, 5.74) is 5.86. The van der Waals surface area contributed by atoms with Crippen molar-refractivity contribution in [1.82, 2.24) is 24.5 Å². The molecule has 4 aromatic carbocycles. The van der Waals surface area contributed by atoms with Gasteiger partial charge in [0.1, 0.15) is 0 Å². The number of ether oxygens (including phenoxy) is 2. The maximum atomic E-state index is 6.29. The Hall–Kier alpha value is -4.96. The van der Waals surface area contributed by atoms with Gasteiger partial charge in [-0.15, -0.1) is 71.8 Å². The number of nitrogens with zero attached hydrogens (tertiary/aromatic N) is 5. The third-order valence-electron chi connectivity index (χ3n) is 7.69. The molecule has 0 saturated heterocycles. The smallest absolute Gasteiger partial charge is 0.503 e. The predicted octanol–water partition coefficient (Wildman–Crippen LogP) is 9.04. The fourth-order valence-corrected chi connectivity index (χ4v) is 5.39. The van der Waals surface area contributed by atoms with Gasteiger partial charge >= 0.3 is 42.1 Å². The molecule has 7 nitrogen and oxygen atoms in total. The Balaban J connectivity index is 0.00000208. The summed E-state index contributed by atoms with van der Waals surface area (Å²) in [6, 6.07) is 44.5. The van der Waals surface area contributed by atoms with Gasteiger partial charge in [-0.3, -0.25) is 0 Å². The molecule has 0 spiro atoms. The molecule has 0 N–H and O–H groups in total. The van der Waals surface area contributed by atoms with E-state index < -0.39 is 0 Å². The Morgan fingerprint density at radius 1 is 0.531 bits per heavy atom. The molecular weight excluding hydrogens is 973 g/mol. The zero-order valence-corrected chi connectivity index (χ0v) is 30.5. The normalized spacial score (nSPS) is 10.7. The van der Waals surface area contributed by atoms with Gasteiger partial charge in [0.05, 0.1) is 0 Å². The van der Waals surface area contributed by atoms with Crippen LogP contribution in [0.2, 0.25) is 0 Å². The molecule has 0 aliphatic carbocycles. The quantitative estimate of drug-likeness (QED) is 0.142. The average molecular weight is 998 g/mol. The number of pyridine rings is 2. The third-order valence-corrected chi connectivity index (χ3v) is 7.69. The Morgan fingerprint density at radius 3 is 1.47 bits per heavy atom. The van der Waals surface area contributed by atoms with Gasteiger partial charge in [0.2, 0.25) is 5.95 Å². The third kappa shape index (κ3) is 7.10. The van der Waals surface area contributed by atoms with Crippen LogP contribution in [0.15, 0.2) is 122 Å². The number of aromatic nitrogens is 5. The van der Waals surface area contributed by atoms with Gasteiger partial charge in [-0.1, -0.05) is 54.4 Å². The first kappa shape index (κ1) is 33.9. The minimum atomic E-state index is 0. The van der Waals surface area contributed by atoms with Gasteiger partial charge < -0.3 is 24.0 Å². The fraction of sp³-hybridized carbons (Fsp3) is 0.0500. The summed E-state index contributed by atoms with van der Waals surface area (Å²) in [6.07, 6.45) is 8.05. The van der Waals surface area contributed by atoms with E-state index >= 15 is 0 Å². The first-order valence-corrected chi connectivity index (χ1v) is 15.2. The van der Waals surface area contributed by atoms with Gasteiger partial charge in [-0.05, 0) is 35.5 Å². The van der Waals surface area contributed by atoms with E-state index in [-0.39, 0.29) is 42.1 Å². The molecular formula is C40H25N5O2Pt2. The molecule has 8 aromatic rings. The molecule has 4 heterocycles. The van der Waals surface area contributed by atoms with Crippen molar-refractivity contribution < 1.29 is 51.6 Å². The molecule has 0 atom stereocenters. The minimum Gasteiger partial charge on any atom is -0.503 e. The van der Waals surface area contributed by atoms with E-state index in [1.807, 2.05) is 114 Å². The minimum absolute atomic E-state index is 0. The number of hydrogen-bond donors (Lipinski definition) is 0. The van der Waals surface area contributed by atoms with Crippen LogP contribution in [0.4, 0.5) is 0 Å². The number of rotatable bonds is 8. The van der Waals surface area contributed by atoms with Crippen LogP contribution in [0.5, 0.6) is 23.0 Å². The molecule has 242 valence electrons. The fourth-order valence-electron chi connectivity index (χ4n) is 5.39. The summed E-state index contributed by atoms with van der Waals surface area (Å²) >= 11 is 0. The van der Waals surface area contributed by atoms with Gasteiger partial charge in [0.25, 0.3) is 0 Å². The average Bonchev–Trinajstić information content (AvgIpc) is 3.45. The van der Waals surface area contributed by atoms with Crippen molar-refractivity contribution in [1.29, 1.82) is 0 Å². The SMILES string of the molecule is CCc1cnc(-n2c3[c-]c(Oc4[c-]c(-c5ccccn5)ccc4)ccc3c3ccc(Oc4[c-]c(-c5ccccn5)ccc4)[c-]c32)nc1.[Pt+2].[Pt+2]. The number of aryl methyl sites for hydroxylation is 1. The standard InChI is InChI=1S/C40H25N5O2.2Pt/c1-2-27-25-43-40(44-26-27)45-38-23-32(46-30-11-7-9-28(21-30)36-13-3-5-19-41-36)15-17-34(38)35-18-16-33(24-39(35)45)47-31-12-8-10-29(22-31)37-14-4-6-20-42-37;;/h3-20,25-26H,2H2,1H3;;/q-4;2*+2. The topological polar surface area (TPSA) is 75.0 Å². The second-order valence-electron chi connectivity index (χ2n) is 10.7. The van der Waals surface area contributed by atoms with Gasteiger partial charge in [0, 0.05) is 47.8 Å². The molecule has 4 aromatic heterocycles. The van der Waals surface area contributed by atoms with Gasteiger partial charge in [-0.25, -0.2) is 9.97 Å². The van der Waals surface area contributed by atoms with E-state index in [1.54, 1.807) is 12.4 Å². The molecule has 0 fully saturated rings. The van der Waals surface area contributed by atoms with Crippen LogP contribution in [0.3, 0.4) is 0 Å². The molecule has 0 bridgehead atoms. The Morgan fingerprint density at radius 2 is 1.02 bits per heavy atom. The Kier molecular flexibility index (Phi) is 10.4. The summed E-state index contributed by atoms with van der Waals surface area (Å²) in [5, 5.41) is 1.90. The monoisotopic (exact) mass is 997 g/mol. The van der Waals surface area contributed by atoms with E-state index in [0.717, 1.165) is 56.3 Å². The predicted molar refractivity (Wildman–Crippen MR) is 181 cm³/mol. The Labute approximate surface area is 312 Å². The first-order chi connectivity index (χ1) is 23.2. The molecule has 0 unspecified atom stereocenters. The van der Waals surface area contributed by atoms with Crippen LogP contribution >= 0.6 is 0 Å². The maximum absolute atomic E-state index is 6.29. The summed E-state index contributed by atoms with van der Waals surface area (Å²) < 4.78 is 14.5. The van der Waals surface area contributed by atoms with Crippen molar-refractivity contribution >= 4 is 21.8 Å². The van der Waals surface area contributed by atoms with Crippen LogP contribution in [-0.2, 0) is 48.6 Å². The molecule has 8 rings (SSSR count). The molecule has 49 heavy (non-hydrogen) atoms. The van der Waals surface area contributed by atoms with E-state index in [1.165, 1.54) is 0 Å². The number of benzene rings is 4. The van der Waals surface area contributed by atoms with E-state index in [4.69, 9.17) is 19.4 Å². The largest absolute Gasteiger partial charge is 2.00 e. The summed E-state index contributed by atoms with van der Waals surface area (Å²) in [7, 11) is 0. The molecule has 9 heteroatoms. The van der Waals surface area contributed by atoms with Crippen molar-refractivity contribution in [2.45, 2.75) is 13.3 Å². The second kappa shape index (κ2) is 15.1. The van der Waals surface area contributed by atoms with Gasteiger partial charge in [-0.2, -0.15) is 22.9 Å². The van der Waals surface area contributed by atoms with Crippen LogP contribution in [0.25, 0.3) is 50.3 Å². The molecule has 0 aliphatic rings. The summed E-state index contributed by atoms with van der Waals surface area (Å²) in [6.45, 7) is 2.08. The van der Waals surface area contributed by atoms with Crippen molar-refractivity contribution in [2.24, 2.45) is 0 Å². The zero-order chi connectivity index (χ0) is 31.6. The van der Waals surface area contributed by atoms with Gasteiger partial charge in [0.15, 0.2) is 0 Å². The Bertz CT molecular complexity index is 2210. The van der Waals surface area contributed by atoms with Crippen molar-refractivity contribution in [3.05, 3.63) is 152 Å². The molecule has 0 radical (unpaired) electrons. The number of hydrogen-bond acceptors (Lipinski definition) is 6. The van der Waals surface area contributed by atoms with Crippen molar-refractivity contribution in [2.75, 3.05) is 0 Å². The van der Waals surface area contributed by atoms with Crippen molar-refractivity contribution in [3.63, 3.8) is 0 Å². The maximum Gasteiger partial charge on any atom is 2.00 e. The van der Waals surface area contributed by atoms with E-state index in [2.05, 4.69) is 41.2 Å². The van der Waals surface area contributed by atoms with E-state index in [9.17, 15) is 0 Å². The molecule has 0 saturated carbocycles. The van der Waals surface area contributed by atoms with Crippen molar-refractivity contribution in [3.8, 4) is 51.5 Å². The second-order valence-corrected chi connectivity index (χ2v) is 10.7. The van der Waals surface area contributed by atoms with Crippen LogP contribution < -0.4 is 9.47 Å². The van der Waals surface area contributed by atoms with Crippen LogP contribution in [-0.4, -0.2) is 24.5 Å². The first-order valence-electron chi connectivity index (χ1n) is 15.2. The van der Waals surface area contributed by atoms with Crippen LogP contribution in [0, 0.1) is 24.3 Å². The van der Waals surface area contributed by atoms with E-state index in [0.29, 0.717) is 28.9 Å². The molecule has 0 aliphatic heterocycles. The number of fused-ring (bicyclic) bond motifs is 3. The summed E-state index contributed by atoms with van der Waals surface area (Å²) in [4.78, 5) is 18.3. The summed E-state index contributed by atoms with van der Waals surface area (Å²) in [5.74, 6) is 2.66. The molecule has 0 amide bonds. The zero-order valence-electron chi connectivity index (χ0n) is 25.9. The van der Waals surface area contributed by atoms with Crippen LogP contribution in [0.1, 0.15) is 12.5 Å².